The number of aliphatic imine (C=N–C) groups is 1. The Morgan fingerprint density at radius 1 is 1.07 bits per heavy atom. The average Bonchev–Trinajstić information content (AvgIpc) is 3.42. The second-order valence-corrected chi connectivity index (χ2v) is 8.52. The van der Waals surface area contributed by atoms with E-state index in [0.717, 1.165) is 28.8 Å². The van der Waals surface area contributed by atoms with Crippen LogP contribution in [0.15, 0.2) is 72.0 Å². The van der Waals surface area contributed by atoms with Crippen LogP contribution < -0.4 is 4.74 Å². The molecule has 1 aromatic carbocycles. The third kappa shape index (κ3) is 2.79. The fourth-order valence-corrected chi connectivity index (χ4v) is 5.21. The standard InChI is InChI=1S/C22H22N4OS/c1-15-14-26-21(20(24-22(26)28-15)16-8-5-6-12-23-16)18-10-7-13-25(18)17-9-3-4-11-19(17)27-2/h3-13,15,20-21H,14H2,1-2H3/t15-,20+,21-/m0/s1. The maximum Gasteiger partial charge on any atom is 0.160 e. The summed E-state index contributed by atoms with van der Waals surface area (Å²) in [6.45, 7) is 3.26. The number of methoxy groups -OCH3 is 1. The first kappa shape index (κ1) is 17.4. The molecule has 4 heterocycles. The summed E-state index contributed by atoms with van der Waals surface area (Å²) in [5.41, 5.74) is 3.25. The summed E-state index contributed by atoms with van der Waals surface area (Å²) < 4.78 is 7.85. The summed E-state index contributed by atoms with van der Waals surface area (Å²) in [5.74, 6) is 0.859. The number of hydrogen-bond acceptors (Lipinski definition) is 5. The number of fused-ring (bicyclic) bond motifs is 1. The molecule has 0 N–H and O–H groups in total. The van der Waals surface area contributed by atoms with Gasteiger partial charge in [-0.2, -0.15) is 0 Å². The second kappa shape index (κ2) is 7.02. The quantitative estimate of drug-likeness (QED) is 0.659. The van der Waals surface area contributed by atoms with Gasteiger partial charge in [0.25, 0.3) is 0 Å². The van der Waals surface area contributed by atoms with Crippen molar-refractivity contribution in [3.63, 3.8) is 0 Å². The monoisotopic (exact) mass is 390 g/mol. The molecule has 0 radical (unpaired) electrons. The van der Waals surface area contributed by atoms with E-state index in [1.165, 1.54) is 5.69 Å². The molecule has 6 heteroatoms. The third-order valence-corrected chi connectivity index (χ3v) is 6.41. The summed E-state index contributed by atoms with van der Waals surface area (Å²) in [6.07, 6.45) is 3.96. The molecule has 0 unspecified atom stereocenters. The molecule has 0 aliphatic carbocycles. The lowest BCUT2D eigenvalue weighted by atomic mass is 10.0. The molecule has 2 aliphatic rings. The number of pyridine rings is 1. The average molecular weight is 391 g/mol. The summed E-state index contributed by atoms with van der Waals surface area (Å²) in [5, 5.41) is 1.67. The number of nitrogens with zero attached hydrogens (tertiary/aromatic N) is 4. The predicted octanol–water partition coefficient (Wildman–Crippen LogP) is 4.47. The number of hydrogen-bond donors (Lipinski definition) is 0. The Labute approximate surface area is 169 Å². The van der Waals surface area contributed by atoms with E-state index in [2.05, 4.69) is 51.8 Å². The van der Waals surface area contributed by atoms with Crippen LogP contribution in [-0.4, -0.2) is 38.5 Å². The fraction of sp³-hybridized carbons (Fsp3) is 0.273. The molecule has 0 saturated carbocycles. The van der Waals surface area contributed by atoms with Crippen LogP contribution in [0.3, 0.4) is 0 Å². The van der Waals surface area contributed by atoms with Gasteiger partial charge in [-0.05, 0) is 36.4 Å². The summed E-state index contributed by atoms with van der Waals surface area (Å²) >= 11 is 1.86. The summed E-state index contributed by atoms with van der Waals surface area (Å²) in [7, 11) is 1.72. The van der Waals surface area contributed by atoms with Crippen molar-refractivity contribution in [3.05, 3.63) is 78.4 Å². The molecule has 2 aliphatic heterocycles. The van der Waals surface area contributed by atoms with Gasteiger partial charge < -0.3 is 14.2 Å². The molecule has 28 heavy (non-hydrogen) atoms. The first-order valence-electron chi connectivity index (χ1n) is 9.49. The zero-order chi connectivity index (χ0) is 19.1. The lowest BCUT2D eigenvalue weighted by Gasteiger charge is -2.28. The number of benzene rings is 1. The van der Waals surface area contributed by atoms with Crippen molar-refractivity contribution in [1.29, 1.82) is 0 Å². The van der Waals surface area contributed by atoms with Gasteiger partial charge in [-0.1, -0.05) is 36.9 Å². The van der Waals surface area contributed by atoms with E-state index in [-0.39, 0.29) is 12.1 Å². The van der Waals surface area contributed by atoms with Crippen LogP contribution in [0.2, 0.25) is 0 Å². The van der Waals surface area contributed by atoms with Crippen molar-refractivity contribution in [1.82, 2.24) is 14.5 Å². The van der Waals surface area contributed by atoms with Gasteiger partial charge in [0, 0.05) is 29.9 Å². The highest BCUT2D eigenvalue weighted by molar-refractivity contribution is 8.14. The first-order chi connectivity index (χ1) is 13.8. The molecule has 3 aromatic rings. The molecule has 142 valence electrons. The first-order valence-corrected chi connectivity index (χ1v) is 10.4. The number of thioether (sulfide) groups is 1. The highest BCUT2D eigenvalue weighted by Crippen LogP contribution is 2.48. The maximum absolute atomic E-state index is 5.62. The number of ether oxygens (including phenoxy) is 1. The van der Waals surface area contributed by atoms with Crippen LogP contribution in [0.5, 0.6) is 5.75 Å². The second-order valence-electron chi connectivity index (χ2n) is 7.11. The Balaban J connectivity index is 1.63. The van der Waals surface area contributed by atoms with Crippen LogP contribution >= 0.6 is 11.8 Å². The number of para-hydroxylation sites is 2. The molecule has 1 fully saturated rings. The molecule has 0 amide bonds. The van der Waals surface area contributed by atoms with Crippen LogP contribution in [0.25, 0.3) is 5.69 Å². The molecule has 3 atom stereocenters. The van der Waals surface area contributed by atoms with Crippen LogP contribution in [-0.2, 0) is 0 Å². The molecule has 5 nitrogen and oxygen atoms in total. The Hall–Kier alpha value is -2.73. The zero-order valence-corrected chi connectivity index (χ0v) is 16.7. The van der Waals surface area contributed by atoms with E-state index in [0.29, 0.717) is 5.25 Å². The van der Waals surface area contributed by atoms with Gasteiger partial charge in [0.2, 0.25) is 0 Å². The third-order valence-electron chi connectivity index (χ3n) is 5.31. The predicted molar refractivity (Wildman–Crippen MR) is 113 cm³/mol. The fourth-order valence-electron chi connectivity index (χ4n) is 4.12. The molecule has 0 spiro atoms. The van der Waals surface area contributed by atoms with Crippen LogP contribution in [0.4, 0.5) is 0 Å². The van der Waals surface area contributed by atoms with Gasteiger partial charge >= 0.3 is 0 Å². The Morgan fingerprint density at radius 3 is 2.75 bits per heavy atom. The SMILES string of the molecule is COc1ccccc1-n1cccc1[C@H]1[C@@H](c2ccccn2)N=C2S[C@@H](C)CN21. The van der Waals surface area contributed by atoms with Crippen LogP contribution in [0.1, 0.15) is 30.4 Å². The zero-order valence-electron chi connectivity index (χ0n) is 15.9. The minimum Gasteiger partial charge on any atom is -0.495 e. The Bertz CT molecular complexity index is 1020. The molecule has 1 saturated heterocycles. The molecule has 2 aromatic heterocycles. The smallest absolute Gasteiger partial charge is 0.160 e. The minimum atomic E-state index is -0.0143. The van der Waals surface area contributed by atoms with Gasteiger partial charge in [-0.15, -0.1) is 0 Å². The van der Waals surface area contributed by atoms with Gasteiger partial charge in [-0.3, -0.25) is 9.98 Å². The van der Waals surface area contributed by atoms with Crippen molar-refractivity contribution >= 4 is 16.9 Å². The Kier molecular flexibility index (Phi) is 4.36. The van der Waals surface area contributed by atoms with E-state index in [1.807, 2.05) is 48.3 Å². The van der Waals surface area contributed by atoms with Gasteiger partial charge in [0.05, 0.1) is 24.5 Å². The summed E-state index contributed by atoms with van der Waals surface area (Å²) in [4.78, 5) is 12.2. The van der Waals surface area contributed by atoms with Crippen molar-refractivity contribution in [3.8, 4) is 11.4 Å². The number of aromatic nitrogens is 2. The van der Waals surface area contributed by atoms with Crippen molar-refractivity contribution < 1.29 is 4.74 Å². The van der Waals surface area contributed by atoms with E-state index < -0.39 is 0 Å². The van der Waals surface area contributed by atoms with Gasteiger partial charge in [0.1, 0.15) is 11.8 Å². The largest absolute Gasteiger partial charge is 0.495 e. The Morgan fingerprint density at radius 2 is 1.93 bits per heavy atom. The topological polar surface area (TPSA) is 42.6 Å². The van der Waals surface area contributed by atoms with Gasteiger partial charge in [-0.25, -0.2) is 0 Å². The number of rotatable bonds is 4. The van der Waals surface area contributed by atoms with Crippen molar-refractivity contribution in [2.75, 3.05) is 13.7 Å². The highest BCUT2D eigenvalue weighted by Gasteiger charge is 2.44. The van der Waals surface area contributed by atoms with E-state index in [1.54, 1.807) is 7.11 Å². The number of amidine groups is 1. The van der Waals surface area contributed by atoms with E-state index in [4.69, 9.17) is 9.73 Å². The van der Waals surface area contributed by atoms with E-state index in [9.17, 15) is 0 Å². The normalized spacial score (nSPS) is 23.6. The van der Waals surface area contributed by atoms with Crippen LogP contribution in [0, 0.1) is 0 Å². The molecular weight excluding hydrogens is 368 g/mol. The lowest BCUT2D eigenvalue weighted by Crippen LogP contribution is -2.30. The highest BCUT2D eigenvalue weighted by atomic mass is 32.2. The van der Waals surface area contributed by atoms with E-state index >= 15 is 0 Å². The molecular formula is C22H22N4OS. The molecule has 0 bridgehead atoms. The van der Waals surface area contributed by atoms with Crippen molar-refractivity contribution in [2.24, 2.45) is 4.99 Å². The lowest BCUT2D eigenvalue weighted by molar-refractivity contribution is 0.311. The van der Waals surface area contributed by atoms with Gasteiger partial charge in [0.15, 0.2) is 5.17 Å². The van der Waals surface area contributed by atoms with Crippen molar-refractivity contribution in [2.45, 2.75) is 24.3 Å². The maximum atomic E-state index is 5.62. The summed E-state index contributed by atoms with van der Waals surface area (Å²) in [6, 6.07) is 18.6. The minimum absolute atomic E-state index is 0.0143. The molecule has 5 rings (SSSR count).